The van der Waals surface area contributed by atoms with Crippen molar-refractivity contribution >= 4 is 12.2 Å². The lowest BCUT2D eigenvalue weighted by molar-refractivity contribution is -0.554. The molecule has 0 aliphatic carbocycles. The predicted molar refractivity (Wildman–Crippen MR) is 38.4 cm³/mol. The van der Waals surface area contributed by atoms with Crippen molar-refractivity contribution in [2.24, 2.45) is 0 Å². The molecule has 1 heterocycles. The van der Waals surface area contributed by atoms with Crippen LogP contribution < -0.4 is 0 Å². The van der Waals surface area contributed by atoms with Gasteiger partial charge in [-0.2, -0.15) is 10.4 Å². The number of aromatic hydroxyl groups is 1. The van der Waals surface area contributed by atoms with Crippen molar-refractivity contribution in [3.8, 4) is 11.9 Å². The Kier molecular flexibility index (Phi) is 1.80. The van der Waals surface area contributed by atoms with Crippen LogP contribution in [-0.4, -0.2) is 20.0 Å². The minimum Gasteiger partial charge on any atom is -0.488 e. The molecule has 0 unspecified atom stereocenters. The second kappa shape index (κ2) is 2.63. The number of nitriles is 1. The first kappa shape index (κ1) is 8.22. The fourth-order valence-electron chi connectivity index (χ4n) is 0.631. The molecule has 8 heteroatoms. The molecule has 0 aliphatic rings. The van der Waals surface area contributed by atoms with E-state index >= 15 is 0 Å². The van der Waals surface area contributed by atoms with E-state index in [1.54, 1.807) is 0 Å². The number of nitro groups is 1. The third kappa shape index (κ3) is 1.02. The van der Waals surface area contributed by atoms with Crippen molar-refractivity contribution in [2.75, 3.05) is 0 Å². The number of H-pyrrole nitrogens is 1. The number of aromatic amines is 1. The molecule has 0 fully saturated rings. The van der Waals surface area contributed by atoms with Gasteiger partial charge in [0.15, 0.2) is 5.56 Å². The van der Waals surface area contributed by atoms with Crippen molar-refractivity contribution in [3.05, 3.63) is 20.3 Å². The van der Waals surface area contributed by atoms with Crippen LogP contribution in [0.4, 0.5) is 0 Å². The van der Waals surface area contributed by atoms with Crippen LogP contribution in [0, 0.1) is 26.1 Å². The Morgan fingerprint density at radius 1 is 1.83 bits per heavy atom. The average molecular weight is 186 g/mol. The van der Waals surface area contributed by atoms with E-state index in [2.05, 4.69) is 12.2 Å². The minimum atomic E-state index is -0.925. The molecule has 0 saturated heterocycles. The molecule has 1 aromatic rings. The molecular weight excluding hydrogens is 184 g/mol. The van der Waals surface area contributed by atoms with Gasteiger partial charge in [-0.1, -0.05) is 0 Å². The smallest absolute Gasteiger partial charge is 0.297 e. The highest BCUT2D eigenvalue weighted by atomic mass is 32.1. The minimum absolute atomic E-state index is 0.160. The Hall–Kier alpha value is -1.88. The van der Waals surface area contributed by atoms with Gasteiger partial charge in [0.2, 0.25) is 4.64 Å². The Morgan fingerprint density at radius 3 is 2.67 bits per heavy atom. The highest BCUT2D eigenvalue weighted by Crippen LogP contribution is 2.15. The number of rotatable bonds is 1. The number of nitrogens with one attached hydrogen (secondary N) is 1. The second-order valence-electron chi connectivity index (χ2n) is 1.80. The molecule has 0 atom stereocenters. The Bertz CT molecular complexity index is 424. The van der Waals surface area contributed by atoms with Crippen LogP contribution in [0.2, 0.25) is 0 Å². The lowest BCUT2D eigenvalue weighted by Gasteiger charge is -1.92. The fraction of sp³-hybridized carbons (Fsp3) is 0. The summed E-state index contributed by atoms with van der Waals surface area (Å²) in [5.41, 5.74) is -0.304. The van der Waals surface area contributed by atoms with Gasteiger partial charge in [-0.3, -0.25) is 0 Å². The third-order valence-corrected chi connectivity index (χ3v) is 1.43. The molecule has 0 spiro atoms. The van der Waals surface area contributed by atoms with Crippen LogP contribution in [0.25, 0.3) is 0 Å². The first-order chi connectivity index (χ1) is 5.57. The van der Waals surface area contributed by atoms with Gasteiger partial charge < -0.3 is 15.2 Å². The molecule has 0 aromatic carbocycles. The molecule has 12 heavy (non-hydrogen) atoms. The summed E-state index contributed by atoms with van der Waals surface area (Å²) in [7, 11) is 0. The highest BCUT2D eigenvalue weighted by molar-refractivity contribution is 7.71. The summed E-state index contributed by atoms with van der Waals surface area (Å²) < 4.78 is -0.160. The van der Waals surface area contributed by atoms with Crippen LogP contribution >= 0.6 is 12.2 Å². The molecule has 0 radical (unpaired) electrons. The molecule has 62 valence electrons. The summed E-state index contributed by atoms with van der Waals surface area (Å²) in [6, 6.07) is 1.53. The van der Waals surface area contributed by atoms with Crippen molar-refractivity contribution in [3.63, 3.8) is 0 Å². The molecule has 7 nitrogen and oxygen atoms in total. The summed E-state index contributed by atoms with van der Waals surface area (Å²) in [5, 5.41) is 28.6. The van der Waals surface area contributed by atoms with Crippen LogP contribution in [0.15, 0.2) is 0 Å². The second-order valence-corrected chi connectivity index (χ2v) is 2.21. The lowest BCUT2D eigenvalue weighted by atomic mass is 10.4. The Labute approximate surface area is 70.6 Å². The van der Waals surface area contributed by atoms with Gasteiger partial charge in [0.25, 0.3) is 5.88 Å². The largest absolute Gasteiger partial charge is 0.488 e. The number of hydrogen-bond acceptors (Lipinski definition) is 5. The summed E-state index contributed by atoms with van der Waals surface area (Å²) >= 11 is 4.52. The average Bonchev–Trinajstić information content (AvgIpc) is 2.27. The summed E-state index contributed by atoms with van der Waals surface area (Å²) in [4.78, 5) is 10.3. The third-order valence-electron chi connectivity index (χ3n) is 1.13. The Balaban J connectivity index is 3.50. The monoisotopic (exact) mass is 186 g/mol. The van der Waals surface area contributed by atoms with Gasteiger partial charge in [-0.15, -0.1) is 0 Å². The van der Waals surface area contributed by atoms with Crippen molar-refractivity contribution in [2.45, 2.75) is 0 Å². The topological polar surface area (TPSA) is 108 Å². The van der Waals surface area contributed by atoms with E-state index < -0.39 is 10.9 Å². The SMILES string of the molecule is N#Cc1c(O)n([N+](=O)[O-])[nH]c1=S. The summed E-state index contributed by atoms with van der Waals surface area (Å²) in [5.74, 6) is -0.785. The number of aromatic nitrogens is 2. The van der Waals surface area contributed by atoms with Gasteiger partial charge in [-0.25, -0.2) is 0 Å². The zero-order valence-electron chi connectivity index (χ0n) is 5.51. The van der Waals surface area contributed by atoms with E-state index in [1.807, 2.05) is 5.10 Å². The maximum atomic E-state index is 10.1. The maximum Gasteiger partial charge on any atom is 0.297 e. The first-order valence-corrected chi connectivity index (χ1v) is 3.07. The zero-order valence-corrected chi connectivity index (χ0v) is 6.33. The number of nitrogens with zero attached hydrogens (tertiary/aromatic N) is 3. The van der Waals surface area contributed by atoms with Crippen LogP contribution in [0.3, 0.4) is 0 Å². The quantitative estimate of drug-likeness (QED) is 0.369. The van der Waals surface area contributed by atoms with Crippen LogP contribution in [-0.2, 0) is 0 Å². The van der Waals surface area contributed by atoms with E-state index in [-0.39, 0.29) is 15.0 Å². The predicted octanol–water partition coefficient (Wildman–Crippen LogP) is 0.163. The van der Waals surface area contributed by atoms with Gasteiger partial charge in [0.05, 0.1) is 5.03 Å². The van der Waals surface area contributed by atoms with E-state index in [4.69, 9.17) is 10.4 Å². The molecule has 0 bridgehead atoms. The van der Waals surface area contributed by atoms with Gasteiger partial charge in [0, 0.05) is 4.79 Å². The molecule has 0 saturated carbocycles. The van der Waals surface area contributed by atoms with E-state index in [9.17, 15) is 10.1 Å². The van der Waals surface area contributed by atoms with Gasteiger partial charge >= 0.3 is 0 Å². The highest BCUT2D eigenvalue weighted by Gasteiger charge is 2.17. The van der Waals surface area contributed by atoms with E-state index in [0.717, 1.165) is 0 Å². The lowest BCUT2D eigenvalue weighted by Crippen LogP contribution is -2.09. The molecule has 1 rings (SSSR count). The summed E-state index contributed by atoms with van der Waals surface area (Å²) in [6.07, 6.45) is 0. The van der Waals surface area contributed by atoms with Crippen molar-refractivity contribution in [1.82, 2.24) is 9.89 Å². The normalized spacial score (nSPS) is 9.25. The van der Waals surface area contributed by atoms with E-state index in [1.165, 1.54) is 6.07 Å². The van der Waals surface area contributed by atoms with Crippen LogP contribution in [0.5, 0.6) is 5.88 Å². The van der Waals surface area contributed by atoms with Gasteiger partial charge in [0.1, 0.15) is 6.07 Å². The van der Waals surface area contributed by atoms with Gasteiger partial charge in [-0.05, 0) is 12.2 Å². The van der Waals surface area contributed by atoms with Crippen LogP contribution in [0.1, 0.15) is 5.56 Å². The number of hydrogen-bond donors (Lipinski definition) is 2. The standard InChI is InChI=1S/C4H2N4O3S/c5-1-2-3(12)6-7(4(2)9)8(10)11/h9H,(H,6,12). The first-order valence-electron chi connectivity index (χ1n) is 2.66. The molecule has 1 aromatic heterocycles. The molecule has 0 amide bonds. The Morgan fingerprint density at radius 2 is 2.42 bits per heavy atom. The summed E-state index contributed by atoms with van der Waals surface area (Å²) in [6.45, 7) is 0. The maximum absolute atomic E-state index is 10.1. The fourth-order valence-corrected chi connectivity index (χ4v) is 0.855. The van der Waals surface area contributed by atoms with Crippen molar-refractivity contribution in [1.29, 1.82) is 5.26 Å². The van der Waals surface area contributed by atoms with Crippen molar-refractivity contribution < 1.29 is 10.1 Å². The molecular formula is C4H2N4O3S. The molecule has 0 aliphatic heterocycles. The van der Waals surface area contributed by atoms with E-state index in [0.29, 0.717) is 0 Å². The molecule has 2 N–H and O–H groups in total. The zero-order chi connectivity index (χ0) is 9.30.